The number of rotatable bonds is 7. The maximum absolute atomic E-state index is 12.4. The number of benzene rings is 2. The van der Waals surface area contributed by atoms with Gasteiger partial charge in [0.05, 0.1) is 4.90 Å². The average Bonchev–Trinajstić information content (AvgIpc) is 2.63. The van der Waals surface area contributed by atoms with Crippen LogP contribution in [0.2, 0.25) is 0 Å². The van der Waals surface area contributed by atoms with Crippen molar-refractivity contribution >= 4 is 27.3 Å². The lowest BCUT2D eigenvalue weighted by atomic mass is 10.1. The predicted molar refractivity (Wildman–Crippen MR) is 110 cm³/mol. The molecule has 6 nitrogen and oxygen atoms in total. The molecule has 1 amide bonds. The van der Waals surface area contributed by atoms with E-state index >= 15 is 0 Å². The third-order valence-corrected chi connectivity index (χ3v) is 6.31. The van der Waals surface area contributed by atoms with Crippen molar-refractivity contribution < 1.29 is 13.2 Å². The summed E-state index contributed by atoms with van der Waals surface area (Å²) in [5.74, 6) is -0.197. The van der Waals surface area contributed by atoms with Crippen LogP contribution >= 0.6 is 0 Å². The first-order valence-electron chi connectivity index (χ1n) is 8.84. The Hall–Kier alpha value is -2.38. The summed E-state index contributed by atoms with van der Waals surface area (Å²) in [7, 11) is -0.559. The van der Waals surface area contributed by atoms with Crippen LogP contribution in [0.5, 0.6) is 0 Å². The van der Waals surface area contributed by atoms with E-state index < -0.39 is 16.1 Å². The Kier molecular flexibility index (Phi) is 6.62. The number of aryl methyl sites for hydroxylation is 2. The van der Waals surface area contributed by atoms with Crippen LogP contribution in [0.4, 0.5) is 11.4 Å². The van der Waals surface area contributed by atoms with E-state index in [2.05, 4.69) is 17.6 Å². The topological polar surface area (TPSA) is 78.5 Å². The number of nitrogens with one attached hydrogen (secondary N) is 2. The third-order valence-electron chi connectivity index (χ3n) is 4.35. The number of hydrogen-bond acceptors (Lipinski definition) is 4. The largest absolute Gasteiger partial charge is 0.374 e. The van der Waals surface area contributed by atoms with Crippen LogP contribution < -0.4 is 10.6 Å². The first-order chi connectivity index (χ1) is 12.6. The number of sulfonamides is 1. The highest BCUT2D eigenvalue weighted by molar-refractivity contribution is 7.89. The zero-order valence-electron chi connectivity index (χ0n) is 16.4. The minimum atomic E-state index is -3.55. The summed E-state index contributed by atoms with van der Waals surface area (Å²) in [5.41, 5.74) is 3.16. The molecular weight excluding hydrogens is 362 g/mol. The van der Waals surface area contributed by atoms with Crippen LogP contribution in [0, 0.1) is 6.92 Å². The molecule has 146 valence electrons. The van der Waals surface area contributed by atoms with E-state index in [0.717, 1.165) is 12.1 Å². The van der Waals surface area contributed by atoms with Gasteiger partial charge in [-0.2, -0.15) is 0 Å². The molecular formula is C20H27N3O3S. The molecule has 2 N–H and O–H groups in total. The van der Waals surface area contributed by atoms with Gasteiger partial charge in [0.2, 0.25) is 15.9 Å². The smallest absolute Gasteiger partial charge is 0.246 e. The van der Waals surface area contributed by atoms with Crippen molar-refractivity contribution in [1.29, 1.82) is 0 Å². The Bertz CT molecular complexity index is 907. The van der Waals surface area contributed by atoms with Crippen molar-refractivity contribution in [3.63, 3.8) is 0 Å². The Morgan fingerprint density at radius 1 is 1.07 bits per heavy atom. The van der Waals surface area contributed by atoms with Gasteiger partial charge in [0.1, 0.15) is 6.04 Å². The molecule has 0 bridgehead atoms. The zero-order chi connectivity index (χ0) is 20.2. The minimum Gasteiger partial charge on any atom is -0.374 e. The quantitative estimate of drug-likeness (QED) is 0.762. The van der Waals surface area contributed by atoms with Crippen molar-refractivity contribution in [1.82, 2.24) is 4.31 Å². The van der Waals surface area contributed by atoms with Crippen molar-refractivity contribution in [3.8, 4) is 0 Å². The van der Waals surface area contributed by atoms with Crippen molar-refractivity contribution in [2.75, 3.05) is 24.7 Å². The molecule has 0 heterocycles. The molecule has 0 fully saturated rings. The summed E-state index contributed by atoms with van der Waals surface area (Å²) < 4.78 is 26.0. The molecule has 27 heavy (non-hydrogen) atoms. The number of carbonyl (C=O) groups is 1. The molecule has 0 aliphatic heterocycles. The molecule has 0 unspecified atom stereocenters. The van der Waals surface area contributed by atoms with Gasteiger partial charge in [0.25, 0.3) is 0 Å². The summed E-state index contributed by atoms with van der Waals surface area (Å²) in [5, 5.41) is 5.93. The van der Waals surface area contributed by atoms with Gasteiger partial charge in [-0.15, -0.1) is 0 Å². The molecule has 0 radical (unpaired) electrons. The first kappa shape index (κ1) is 20.9. The normalized spacial score (nSPS) is 12.7. The molecule has 0 saturated carbocycles. The molecule has 2 rings (SSSR count). The predicted octanol–water partition coefficient (Wildman–Crippen LogP) is 3.25. The Labute approximate surface area is 161 Å². The number of carbonyl (C=O) groups excluding carboxylic acids is 1. The highest BCUT2D eigenvalue weighted by atomic mass is 32.2. The van der Waals surface area contributed by atoms with Crippen molar-refractivity contribution in [2.24, 2.45) is 0 Å². The third kappa shape index (κ3) is 5.08. The highest BCUT2D eigenvalue weighted by Crippen LogP contribution is 2.23. The van der Waals surface area contributed by atoms with E-state index in [1.54, 1.807) is 32.0 Å². The summed E-state index contributed by atoms with van der Waals surface area (Å²) >= 11 is 0. The van der Waals surface area contributed by atoms with Crippen LogP contribution in [0.15, 0.2) is 47.4 Å². The molecule has 0 aliphatic carbocycles. The van der Waals surface area contributed by atoms with E-state index in [1.165, 1.54) is 24.0 Å². The maximum Gasteiger partial charge on any atom is 0.246 e. The van der Waals surface area contributed by atoms with Gasteiger partial charge in [-0.3, -0.25) is 4.79 Å². The van der Waals surface area contributed by atoms with Crippen LogP contribution in [-0.4, -0.2) is 38.8 Å². The van der Waals surface area contributed by atoms with Gasteiger partial charge < -0.3 is 10.6 Å². The lowest BCUT2D eigenvalue weighted by Gasteiger charge is -2.18. The standard InChI is InChI=1S/C20H27N3O3S/c1-6-16-8-11-17(12-9-16)22-20(24)15(3)21-18-10-7-14(2)19(13-18)27(25,26)23(4)5/h7-13,15,21H,6H2,1-5H3,(H,22,24)/t15-/m1/s1. The number of anilines is 2. The molecule has 2 aromatic rings. The van der Waals surface area contributed by atoms with Crippen LogP contribution in [0.1, 0.15) is 25.0 Å². The molecule has 0 aromatic heterocycles. The van der Waals surface area contributed by atoms with Crippen LogP contribution in [0.3, 0.4) is 0 Å². The fourth-order valence-corrected chi connectivity index (χ4v) is 3.70. The second-order valence-corrected chi connectivity index (χ2v) is 8.79. The number of hydrogen-bond donors (Lipinski definition) is 2. The van der Waals surface area contributed by atoms with E-state index in [9.17, 15) is 13.2 Å². The van der Waals surface area contributed by atoms with Crippen LogP contribution in [0.25, 0.3) is 0 Å². The van der Waals surface area contributed by atoms with Gasteiger partial charge in [0.15, 0.2) is 0 Å². The minimum absolute atomic E-state index is 0.197. The van der Waals surface area contributed by atoms with E-state index in [1.807, 2.05) is 24.3 Å². The zero-order valence-corrected chi connectivity index (χ0v) is 17.2. The monoisotopic (exact) mass is 389 g/mol. The molecule has 0 saturated heterocycles. The second-order valence-electron chi connectivity index (χ2n) is 6.67. The Morgan fingerprint density at radius 3 is 2.22 bits per heavy atom. The van der Waals surface area contributed by atoms with Crippen molar-refractivity contribution in [3.05, 3.63) is 53.6 Å². The lowest BCUT2D eigenvalue weighted by molar-refractivity contribution is -0.116. The van der Waals surface area contributed by atoms with Gasteiger partial charge in [-0.05, 0) is 55.7 Å². The molecule has 0 aliphatic rings. The fraction of sp³-hybridized carbons (Fsp3) is 0.350. The summed E-state index contributed by atoms with van der Waals surface area (Å²) in [6, 6.07) is 12.2. The van der Waals surface area contributed by atoms with Gasteiger partial charge in [-0.25, -0.2) is 12.7 Å². The first-order valence-corrected chi connectivity index (χ1v) is 10.3. The number of nitrogens with zero attached hydrogens (tertiary/aromatic N) is 1. The van der Waals surface area contributed by atoms with Crippen molar-refractivity contribution in [2.45, 2.75) is 38.1 Å². The fourth-order valence-electron chi connectivity index (χ4n) is 2.55. The number of amides is 1. The SMILES string of the molecule is CCc1ccc(NC(=O)[C@@H](C)Nc2ccc(C)c(S(=O)(=O)N(C)C)c2)cc1. The highest BCUT2D eigenvalue weighted by Gasteiger charge is 2.21. The Balaban J connectivity index is 2.12. The molecule has 7 heteroatoms. The van der Waals surface area contributed by atoms with E-state index in [0.29, 0.717) is 11.3 Å². The Morgan fingerprint density at radius 2 is 1.67 bits per heavy atom. The maximum atomic E-state index is 12.4. The van der Waals surface area contributed by atoms with Gasteiger partial charge in [-0.1, -0.05) is 25.1 Å². The van der Waals surface area contributed by atoms with E-state index in [4.69, 9.17) is 0 Å². The lowest BCUT2D eigenvalue weighted by Crippen LogP contribution is -2.32. The molecule has 2 aromatic carbocycles. The van der Waals surface area contributed by atoms with Gasteiger partial charge in [0, 0.05) is 25.5 Å². The van der Waals surface area contributed by atoms with E-state index in [-0.39, 0.29) is 10.8 Å². The molecule has 0 spiro atoms. The summed E-state index contributed by atoms with van der Waals surface area (Å²) in [6.45, 7) is 5.55. The molecule has 1 atom stereocenters. The van der Waals surface area contributed by atoms with Crippen LogP contribution in [-0.2, 0) is 21.2 Å². The summed E-state index contributed by atoms with van der Waals surface area (Å²) in [6.07, 6.45) is 0.942. The average molecular weight is 390 g/mol. The second kappa shape index (κ2) is 8.54. The van der Waals surface area contributed by atoms with Gasteiger partial charge >= 0.3 is 0 Å². The summed E-state index contributed by atoms with van der Waals surface area (Å²) in [4.78, 5) is 12.7.